The van der Waals surface area contributed by atoms with Crippen LogP contribution in [0.2, 0.25) is 0 Å². The average molecular weight is 617 g/mol. The van der Waals surface area contributed by atoms with Gasteiger partial charge in [-0.2, -0.15) is 0 Å². The fourth-order valence-electron chi connectivity index (χ4n) is 6.05. The number of rotatable bonds is 18. The van der Waals surface area contributed by atoms with Crippen LogP contribution in [0.4, 0.5) is 0 Å². The number of aryl methyl sites for hydroxylation is 1. The van der Waals surface area contributed by atoms with Crippen molar-refractivity contribution in [3.8, 4) is 0 Å². The molecular weight excluding hydrogens is 568 g/mol. The average Bonchev–Trinajstić information content (AvgIpc) is 3.59. The molecule has 1 aliphatic carbocycles. The van der Waals surface area contributed by atoms with Gasteiger partial charge in [-0.25, -0.2) is 0 Å². The molecule has 0 unspecified atom stereocenters. The van der Waals surface area contributed by atoms with Gasteiger partial charge in [0.1, 0.15) is 18.3 Å². The normalized spacial score (nSPS) is 22.5. The minimum absolute atomic E-state index is 0.0726. The van der Waals surface area contributed by atoms with Crippen molar-refractivity contribution < 1.29 is 47.6 Å². The fourth-order valence-corrected chi connectivity index (χ4v) is 6.05. The van der Waals surface area contributed by atoms with Gasteiger partial charge in [0.05, 0.1) is 19.8 Å². The SMILES string of the molecule is CC(=O)O[C@H](CCc1ccccc1)CC[C@@H]1[C@@H](C/C=C\CCCC(=O)OCCC2OCCO2)[C@@H](OC(C)=O)C[C@H]1OC(C)=O. The number of allylic oxidation sites excluding steroid dienone is 2. The Morgan fingerprint density at radius 3 is 2.20 bits per heavy atom. The molecule has 0 spiro atoms. The third-order valence-corrected chi connectivity index (χ3v) is 7.99. The summed E-state index contributed by atoms with van der Waals surface area (Å²) in [6, 6.07) is 10.0. The van der Waals surface area contributed by atoms with Crippen LogP contribution in [0.25, 0.3) is 0 Å². The lowest BCUT2D eigenvalue weighted by molar-refractivity contribution is -0.150. The summed E-state index contributed by atoms with van der Waals surface area (Å²) in [4.78, 5) is 47.9. The van der Waals surface area contributed by atoms with Gasteiger partial charge in [-0.1, -0.05) is 42.5 Å². The Labute approximate surface area is 260 Å². The highest BCUT2D eigenvalue weighted by atomic mass is 16.7. The summed E-state index contributed by atoms with van der Waals surface area (Å²) in [5.41, 5.74) is 1.17. The molecule has 2 fully saturated rings. The van der Waals surface area contributed by atoms with Gasteiger partial charge in [0, 0.05) is 51.9 Å². The summed E-state index contributed by atoms with van der Waals surface area (Å²) in [6.07, 6.45) is 8.62. The van der Waals surface area contributed by atoms with Crippen molar-refractivity contribution in [2.75, 3.05) is 19.8 Å². The molecule has 1 aromatic rings. The topological polar surface area (TPSA) is 124 Å². The zero-order valence-electron chi connectivity index (χ0n) is 26.3. The number of hydrogen-bond donors (Lipinski definition) is 0. The maximum absolute atomic E-state index is 12.0. The van der Waals surface area contributed by atoms with E-state index in [1.807, 2.05) is 30.4 Å². The molecule has 1 heterocycles. The van der Waals surface area contributed by atoms with Crippen molar-refractivity contribution in [2.24, 2.45) is 11.8 Å². The molecule has 1 aromatic carbocycles. The van der Waals surface area contributed by atoms with Crippen molar-refractivity contribution in [2.45, 2.75) is 110 Å². The number of carbonyl (C=O) groups is 4. The van der Waals surface area contributed by atoms with E-state index in [2.05, 4.69) is 12.1 Å². The predicted octanol–water partition coefficient (Wildman–Crippen LogP) is 5.25. The fraction of sp³-hybridized carbons (Fsp3) is 0.647. The van der Waals surface area contributed by atoms with Gasteiger partial charge in [0.15, 0.2) is 6.29 Å². The lowest BCUT2D eigenvalue weighted by atomic mass is 9.85. The van der Waals surface area contributed by atoms with Gasteiger partial charge in [0.2, 0.25) is 0 Å². The molecule has 0 amide bonds. The highest BCUT2D eigenvalue weighted by molar-refractivity contribution is 5.69. The molecule has 244 valence electrons. The molecule has 2 aliphatic rings. The summed E-state index contributed by atoms with van der Waals surface area (Å²) < 4.78 is 33.0. The second-order valence-electron chi connectivity index (χ2n) is 11.5. The zero-order chi connectivity index (χ0) is 31.7. The Morgan fingerprint density at radius 1 is 0.864 bits per heavy atom. The van der Waals surface area contributed by atoms with Crippen molar-refractivity contribution in [1.29, 1.82) is 0 Å². The van der Waals surface area contributed by atoms with Gasteiger partial charge >= 0.3 is 23.9 Å². The van der Waals surface area contributed by atoms with Crippen molar-refractivity contribution >= 4 is 23.9 Å². The summed E-state index contributed by atoms with van der Waals surface area (Å²) in [5, 5.41) is 0. The lowest BCUT2D eigenvalue weighted by Crippen LogP contribution is -2.28. The zero-order valence-corrected chi connectivity index (χ0v) is 26.3. The van der Waals surface area contributed by atoms with E-state index in [1.165, 1.54) is 26.3 Å². The van der Waals surface area contributed by atoms with Crippen LogP contribution >= 0.6 is 0 Å². The van der Waals surface area contributed by atoms with Crippen LogP contribution in [0.3, 0.4) is 0 Å². The molecule has 44 heavy (non-hydrogen) atoms. The van der Waals surface area contributed by atoms with Gasteiger partial charge in [-0.05, 0) is 50.5 Å². The summed E-state index contributed by atoms with van der Waals surface area (Å²) in [5.74, 6) is -1.49. The quantitative estimate of drug-likeness (QED) is 0.0935. The molecule has 3 rings (SSSR count). The van der Waals surface area contributed by atoms with Crippen LogP contribution in [0.15, 0.2) is 42.5 Å². The number of unbranched alkanes of at least 4 members (excludes halogenated alkanes) is 1. The molecule has 0 N–H and O–H groups in total. The Kier molecular flexibility index (Phi) is 15.4. The van der Waals surface area contributed by atoms with Crippen LogP contribution in [-0.2, 0) is 54.0 Å². The maximum Gasteiger partial charge on any atom is 0.305 e. The van der Waals surface area contributed by atoms with E-state index in [-0.39, 0.29) is 54.7 Å². The Bertz CT molecular complexity index is 1070. The van der Waals surface area contributed by atoms with Crippen LogP contribution in [0, 0.1) is 11.8 Å². The predicted molar refractivity (Wildman–Crippen MR) is 161 cm³/mol. The minimum atomic E-state index is -0.405. The summed E-state index contributed by atoms with van der Waals surface area (Å²) >= 11 is 0. The first-order chi connectivity index (χ1) is 21.2. The van der Waals surface area contributed by atoms with Gasteiger partial charge < -0.3 is 28.4 Å². The van der Waals surface area contributed by atoms with Crippen molar-refractivity contribution in [3.63, 3.8) is 0 Å². The van der Waals surface area contributed by atoms with Gasteiger partial charge in [0.25, 0.3) is 0 Å². The highest BCUT2D eigenvalue weighted by Crippen LogP contribution is 2.42. The molecule has 1 aliphatic heterocycles. The van der Waals surface area contributed by atoms with Crippen molar-refractivity contribution in [1.82, 2.24) is 0 Å². The largest absolute Gasteiger partial charge is 0.465 e. The first-order valence-electron chi connectivity index (χ1n) is 15.8. The second-order valence-corrected chi connectivity index (χ2v) is 11.5. The van der Waals surface area contributed by atoms with Crippen LogP contribution in [0.5, 0.6) is 0 Å². The van der Waals surface area contributed by atoms with Gasteiger partial charge in [-0.3, -0.25) is 19.2 Å². The number of esters is 4. The first-order valence-corrected chi connectivity index (χ1v) is 15.8. The molecule has 0 aromatic heterocycles. The molecule has 5 atom stereocenters. The van der Waals surface area contributed by atoms with E-state index in [9.17, 15) is 19.2 Å². The van der Waals surface area contributed by atoms with Crippen LogP contribution < -0.4 is 0 Å². The van der Waals surface area contributed by atoms with E-state index in [0.717, 1.165) is 6.42 Å². The highest BCUT2D eigenvalue weighted by Gasteiger charge is 2.46. The minimum Gasteiger partial charge on any atom is -0.465 e. The second kappa shape index (κ2) is 19.2. The van der Waals surface area contributed by atoms with E-state index in [4.69, 9.17) is 28.4 Å². The smallest absolute Gasteiger partial charge is 0.305 e. The van der Waals surface area contributed by atoms with Crippen molar-refractivity contribution in [3.05, 3.63) is 48.0 Å². The maximum atomic E-state index is 12.0. The molecular formula is C34H48O10. The summed E-state index contributed by atoms with van der Waals surface area (Å²) in [7, 11) is 0. The number of hydrogen-bond acceptors (Lipinski definition) is 10. The Morgan fingerprint density at radius 2 is 1.55 bits per heavy atom. The number of ether oxygens (including phenoxy) is 6. The Balaban J connectivity index is 1.55. The standard InChI is InChI=1S/C34H48O10/c1-24(35)42-28(16-15-27-11-7-6-8-12-27)17-18-30-29(31(43-25(2)36)23-32(30)44-26(3)37)13-9-4-5-10-14-33(38)39-20-19-34-40-21-22-41-34/h4,6-9,11-12,28-32,34H,5,10,13-23H2,1-3H3/b9-4-/t28-,29-,30-,31+,32-/m1/s1. The van der Waals surface area contributed by atoms with E-state index < -0.39 is 12.2 Å². The van der Waals surface area contributed by atoms with E-state index in [0.29, 0.717) is 71.0 Å². The third kappa shape index (κ3) is 13.2. The summed E-state index contributed by atoms with van der Waals surface area (Å²) in [6.45, 7) is 5.59. The molecule has 0 radical (unpaired) electrons. The van der Waals surface area contributed by atoms with E-state index in [1.54, 1.807) is 0 Å². The molecule has 0 bridgehead atoms. The number of benzene rings is 1. The van der Waals surface area contributed by atoms with E-state index >= 15 is 0 Å². The van der Waals surface area contributed by atoms with Crippen LogP contribution in [-0.4, -0.2) is 68.3 Å². The third-order valence-electron chi connectivity index (χ3n) is 7.99. The Hall–Kier alpha value is -3.24. The lowest BCUT2D eigenvalue weighted by Gasteiger charge is -2.27. The molecule has 10 heteroatoms. The molecule has 10 nitrogen and oxygen atoms in total. The first kappa shape index (κ1) is 35.2. The molecule has 1 saturated carbocycles. The van der Waals surface area contributed by atoms with Crippen LogP contribution in [0.1, 0.15) is 84.1 Å². The monoisotopic (exact) mass is 616 g/mol. The molecule has 1 saturated heterocycles. The number of carbonyl (C=O) groups excluding carboxylic acids is 4. The van der Waals surface area contributed by atoms with Gasteiger partial charge in [-0.15, -0.1) is 0 Å².